The van der Waals surface area contributed by atoms with Crippen molar-refractivity contribution in [2.45, 2.75) is 27.7 Å². The molecule has 31 rings (SSSR count). The third-order valence-electron chi connectivity index (χ3n) is 30.1. The first-order valence-corrected chi connectivity index (χ1v) is 47.7. The van der Waals surface area contributed by atoms with Crippen molar-refractivity contribution in [3.63, 3.8) is 0 Å². The summed E-state index contributed by atoms with van der Waals surface area (Å²) in [4.78, 5) is 28.5. The Labute approximate surface area is 796 Å². The van der Waals surface area contributed by atoms with Gasteiger partial charge in [-0.05, 0) is 245 Å². The molecule has 22 aromatic carbocycles. The molecule has 0 saturated carbocycles. The summed E-state index contributed by atoms with van der Waals surface area (Å²) in [5.41, 5.74) is 39.4. The molecule has 0 bridgehead atoms. The van der Waals surface area contributed by atoms with Gasteiger partial charge in [0.05, 0.1) is 82.8 Å². The van der Waals surface area contributed by atoms with Crippen molar-refractivity contribution >= 4 is 212 Å². The highest BCUT2D eigenvalue weighted by Gasteiger charge is 2.26. The molecule has 9 aromatic heterocycles. The Morgan fingerprint density at radius 2 is 0.338 bits per heavy atom. The number of hydrogen-bond donors (Lipinski definition) is 0. The maximum atomic E-state index is 4.79. The smallest absolute Gasteiger partial charge is 0.0971 e. The van der Waals surface area contributed by atoms with Crippen LogP contribution in [0.3, 0.4) is 0 Å². The van der Waals surface area contributed by atoms with Crippen LogP contribution < -0.4 is 0 Å². The third-order valence-corrected chi connectivity index (χ3v) is 30.1. The maximum absolute atomic E-state index is 4.79. The third kappa shape index (κ3) is 11.7. The molecule has 0 radical (unpaired) electrons. The molecule has 0 amide bonds. The Morgan fingerprint density at radius 3 is 0.683 bits per heavy atom. The molecule has 0 aliphatic heterocycles. The minimum atomic E-state index is 0.938. The summed E-state index contributed by atoms with van der Waals surface area (Å²) in [5.74, 6) is 0. The van der Waals surface area contributed by atoms with Crippen LogP contribution in [0.5, 0.6) is 0 Å². The average molecular weight is 1770 g/mol. The topological polar surface area (TPSA) is 90.6 Å². The van der Waals surface area contributed by atoms with E-state index in [4.69, 9.17) is 29.9 Å². The summed E-state index contributed by atoms with van der Waals surface area (Å²) in [6.45, 7) is 8.94. The number of nitrogens with zero attached hydrogens (tertiary/aromatic N) is 9. The average Bonchev–Trinajstić information content (AvgIpc) is 1.54. The van der Waals surface area contributed by atoms with E-state index < -0.39 is 0 Å². The lowest BCUT2D eigenvalue weighted by Gasteiger charge is -2.15. The van der Waals surface area contributed by atoms with Gasteiger partial charge in [0.2, 0.25) is 0 Å². The van der Waals surface area contributed by atoms with Gasteiger partial charge in [-0.1, -0.05) is 297 Å². The molecule has 0 N–H and O–H groups in total. The quantitative estimate of drug-likeness (QED) is 0.148. The van der Waals surface area contributed by atoms with Crippen LogP contribution in [-0.2, 0) is 0 Å². The van der Waals surface area contributed by atoms with Crippen LogP contribution in [0.2, 0.25) is 0 Å². The van der Waals surface area contributed by atoms with Gasteiger partial charge in [0.15, 0.2) is 0 Å². The minimum Gasteiger partial charge on any atom is -0.308 e. The van der Waals surface area contributed by atoms with Crippen LogP contribution >= 0.6 is 0 Å². The van der Waals surface area contributed by atoms with Gasteiger partial charge in [0.25, 0.3) is 0 Å². The molecule has 646 valence electrons. The highest BCUT2D eigenvalue weighted by molar-refractivity contribution is 6.30. The zero-order valence-electron chi connectivity index (χ0n) is 76.4. The summed E-state index contributed by atoms with van der Waals surface area (Å²) >= 11 is 0. The zero-order valence-corrected chi connectivity index (χ0v) is 76.4. The van der Waals surface area contributed by atoms with Crippen LogP contribution in [0.15, 0.2) is 419 Å². The van der Waals surface area contributed by atoms with Crippen LogP contribution in [0, 0.1) is 27.7 Å². The van der Waals surface area contributed by atoms with E-state index in [0.717, 1.165) is 71.0 Å². The van der Waals surface area contributed by atoms with Crippen LogP contribution in [0.25, 0.3) is 290 Å². The van der Waals surface area contributed by atoms with Crippen LogP contribution in [-0.4, -0.2) is 43.1 Å². The lowest BCUT2D eigenvalue weighted by molar-refractivity contribution is 1.31. The Bertz CT molecular complexity index is 10200. The predicted octanol–water partition coefficient (Wildman–Crippen LogP) is 34.2. The van der Waals surface area contributed by atoms with E-state index in [-0.39, 0.29) is 0 Å². The summed E-state index contributed by atoms with van der Waals surface area (Å²) in [6, 6.07) is 140. The number of aryl methyl sites for hydroxylation is 4. The number of hydrogen-bond acceptors (Lipinski definition) is 6. The van der Waals surface area contributed by atoms with Crippen LogP contribution in [0.4, 0.5) is 0 Å². The fourth-order valence-electron chi connectivity index (χ4n) is 23.9. The largest absolute Gasteiger partial charge is 0.308 e. The summed E-state index contributed by atoms with van der Waals surface area (Å²) in [7, 11) is 0. The normalized spacial score (nSPS) is 12.2. The monoisotopic (exact) mass is 1770 g/mol. The van der Waals surface area contributed by atoms with Gasteiger partial charge in [-0.3, -0.25) is 29.9 Å². The van der Waals surface area contributed by atoms with E-state index in [9.17, 15) is 0 Å². The Hall–Kier alpha value is -18.2. The highest BCUT2D eigenvalue weighted by atomic mass is 14.9. The van der Waals surface area contributed by atoms with Crippen molar-refractivity contribution < 1.29 is 0 Å². The Morgan fingerprint density at radius 1 is 0.137 bits per heavy atom. The molecule has 9 heterocycles. The summed E-state index contributed by atoms with van der Waals surface area (Å²) in [5, 5.41) is 29.8. The second-order valence-corrected chi connectivity index (χ2v) is 37.7. The molecule has 139 heavy (non-hydrogen) atoms. The molecule has 0 aliphatic rings. The predicted molar refractivity (Wildman–Crippen MR) is 585 cm³/mol. The maximum Gasteiger partial charge on any atom is 0.0971 e. The van der Waals surface area contributed by atoms with E-state index in [1.165, 1.54) is 241 Å². The first-order chi connectivity index (χ1) is 68.6. The van der Waals surface area contributed by atoms with Gasteiger partial charge >= 0.3 is 0 Å². The molecular formula is C130H81N9. The molecule has 9 nitrogen and oxygen atoms in total. The van der Waals surface area contributed by atoms with Crippen molar-refractivity contribution in [1.29, 1.82) is 0 Å². The van der Waals surface area contributed by atoms with Gasteiger partial charge in [-0.15, -0.1) is 0 Å². The van der Waals surface area contributed by atoms with Gasteiger partial charge in [-0.25, -0.2) is 0 Å². The van der Waals surface area contributed by atoms with Crippen molar-refractivity contribution in [1.82, 2.24) is 43.1 Å². The van der Waals surface area contributed by atoms with Gasteiger partial charge in [0.1, 0.15) is 0 Å². The molecule has 0 atom stereocenters. The van der Waals surface area contributed by atoms with Crippen molar-refractivity contribution in [3.05, 3.63) is 442 Å². The lowest BCUT2D eigenvalue weighted by Crippen LogP contribution is -1.92. The Balaban J connectivity index is 0.000000100. The number of fused-ring (bicyclic) bond motifs is 36. The van der Waals surface area contributed by atoms with E-state index in [0.29, 0.717) is 0 Å². The van der Waals surface area contributed by atoms with E-state index in [2.05, 4.69) is 423 Å². The first-order valence-electron chi connectivity index (χ1n) is 47.7. The molecule has 31 aromatic rings. The molecular weight excluding hydrogens is 1690 g/mol. The number of rotatable bonds is 7. The number of para-hydroxylation sites is 6. The molecule has 0 aliphatic carbocycles. The minimum absolute atomic E-state index is 0.938. The summed E-state index contributed by atoms with van der Waals surface area (Å²) in [6.07, 6.45) is 10.7. The van der Waals surface area contributed by atoms with Crippen LogP contribution in [0.1, 0.15) is 22.3 Å². The second kappa shape index (κ2) is 30.2. The Kier molecular flexibility index (Phi) is 17.0. The van der Waals surface area contributed by atoms with Crippen molar-refractivity contribution in [2.75, 3.05) is 0 Å². The highest BCUT2D eigenvalue weighted by Crippen LogP contribution is 2.49. The number of aromatic nitrogens is 9. The molecule has 0 spiro atoms. The first kappa shape index (κ1) is 78.3. The fraction of sp³-hybridized carbons (Fsp3) is 0.0308. The van der Waals surface area contributed by atoms with Gasteiger partial charge < -0.3 is 13.2 Å². The standard InChI is InChI=1S/C46H27N3.2C42H27N3/c1-2-14-37-34(12-1)35-20-18-32(27-41(35)45-44(37)47-22-23-48-45)30-10-5-8-28(24-30)29-9-6-11-31(25-29)33-19-21-43-40(26-33)39-16-7-15-38-36-13-3-4-17-42(36)49(43)46(38)39;1-24-21-35(27-15-17-39-36(22-27)33-12-7-11-32-30-9-5-6-13-38(30)45(39)42(32)33)25(2)20-34(24)26-14-16-29-28-8-3-4-10-31(28)40-41(37(29)23-26)44-19-18-43-40;1-24-21-35(27-15-17-39-37(23-27)33-12-7-11-32-29-9-5-6-13-38(29)45(39)42(32)33)25(2)20-34(24)26-14-16-31-36(22-26)28-8-3-4-10-30(28)40-41(31)44-19-18-43-40/h1-27H;2*3-23H,1-2H3. The number of benzene rings is 22. The second-order valence-electron chi connectivity index (χ2n) is 37.7. The van der Waals surface area contributed by atoms with Gasteiger partial charge in [-0.2, -0.15) is 0 Å². The summed E-state index contributed by atoms with van der Waals surface area (Å²) < 4.78 is 7.32. The lowest BCUT2D eigenvalue weighted by atomic mass is 9.90. The fourth-order valence-corrected chi connectivity index (χ4v) is 23.9. The zero-order chi connectivity index (χ0) is 91.7. The molecule has 9 heteroatoms. The van der Waals surface area contributed by atoms with Gasteiger partial charge in [0, 0.05) is 134 Å². The van der Waals surface area contributed by atoms with E-state index >= 15 is 0 Å². The SMILES string of the molecule is Cc1cc(-c2ccc3c(c2)c2cccc4c5ccccc5n3c42)c(C)cc1-c1ccc2c(c1)c1ccccc1c1nccnc21.Cc1cc(-c2ccc3c(c2)c2cccc4c5ccccc5n3c42)c(C)cc1-c1ccc2c3ccccc3c3nccnc3c2c1.c1cc(-c2cccc(-c3ccc4c(c3)c3cccc5c6ccccc6n4c53)c2)cc(-c2ccc3c4ccccc4c4nccnc4c3c2)c1. The molecule has 0 fully saturated rings. The van der Waals surface area contributed by atoms with E-state index in [1.807, 2.05) is 0 Å². The van der Waals surface area contributed by atoms with Crippen molar-refractivity contribution in [2.24, 2.45) is 0 Å². The molecule has 0 saturated heterocycles. The van der Waals surface area contributed by atoms with E-state index in [1.54, 1.807) is 37.2 Å². The molecule has 0 unspecified atom stereocenters. The van der Waals surface area contributed by atoms with Crippen molar-refractivity contribution in [3.8, 4) is 77.9 Å².